The number of hydrogen-bond acceptors (Lipinski definition) is 8. The number of thiazole rings is 1. The van der Waals surface area contributed by atoms with E-state index >= 15 is 0 Å². The highest BCUT2D eigenvalue weighted by Crippen LogP contribution is 2.26. The van der Waals surface area contributed by atoms with Crippen LogP contribution in [0.4, 0.5) is 0 Å². The molecule has 0 spiro atoms. The van der Waals surface area contributed by atoms with Crippen LogP contribution in [-0.4, -0.2) is 59.3 Å². The van der Waals surface area contributed by atoms with Gasteiger partial charge in [-0.1, -0.05) is 44.2 Å². The second-order valence-electron chi connectivity index (χ2n) is 10.4. The van der Waals surface area contributed by atoms with Crippen molar-refractivity contribution in [3.8, 4) is 5.88 Å². The summed E-state index contributed by atoms with van der Waals surface area (Å²) in [4.78, 5) is 61.5. The molecule has 1 aliphatic rings. The number of methoxy groups -OCH3 is 1. The Kier molecular flexibility index (Phi) is 10.6. The van der Waals surface area contributed by atoms with Gasteiger partial charge in [0.25, 0.3) is 11.8 Å². The van der Waals surface area contributed by atoms with Crippen molar-refractivity contribution < 1.29 is 23.9 Å². The topological polar surface area (TPSA) is 151 Å². The Balaban J connectivity index is 1.57. The maximum atomic E-state index is 13.5. The molecule has 4 rings (SSSR count). The fraction of sp³-hybridized carbons (Fsp3) is 0.400. The van der Waals surface area contributed by atoms with Crippen LogP contribution in [0.25, 0.3) is 0 Å². The molecule has 4 N–H and O–H groups in total. The summed E-state index contributed by atoms with van der Waals surface area (Å²) >= 11 is 1.26. The van der Waals surface area contributed by atoms with Crippen molar-refractivity contribution in [1.29, 1.82) is 0 Å². The SMILES string of the molecule is COc1cc(C(=O)N[C@H]2CCCCNC(=O)[C@@H](Cc3ccccc3)NC(=O)c3csc(n3)[C@@H](C(C)C)NC2=O)ccn1. The lowest BCUT2D eigenvalue weighted by atomic mass is 10.0. The number of rotatable bonds is 6. The number of hydrogen-bond donors (Lipinski definition) is 4. The fourth-order valence-corrected chi connectivity index (χ4v) is 5.60. The number of fused-ring (bicyclic) bond motifs is 2. The number of ether oxygens (including phenoxy) is 1. The van der Waals surface area contributed by atoms with E-state index in [4.69, 9.17) is 4.74 Å². The first-order chi connectivity index (χ1) is 20.2. The van der Waals surface area contributed by atoms with E-state index in [0.29, 0.717) is 42.8 Å². The highest BCUT2D eigenvalue weighted by Gasteiger charge is 2.29. The molecule has 0 saturated carbocycles. The molecule has 0 aliphatic carbocycles. The second-order valence-corrected chi connectivity index (χ2v) is 11.3. The minimum Gasteiger partial charge on any atom is -0.481 e. The van der Waals surface area contributed by atoms with Crippen LogP contribution in [0.15, 0.2) is 54.0 Å². The van der Waals surface area contributed by atoms with Crippen molar-refractivity contribution in [2.24, 2.45) is 5.92 Å². The molecule has 42 heavy (non-hydrogen) atoms. The summed E-state index contributed by atoms with van der Waals surface area (Å²) in [5.74, 6) is -1.32. The summed E-state index contributed by atoms with van der Waals surface area (Å²) < 4.78 is 5.12. The van der Waals surface area contributed by atoms with E-state index in [9.17, 15) is 19.2 Å². The van der Waals surface area contributed by atoms with Crippen molar-refractivity contribution in [2.45, 2.75) is 57.7 Å². The van der Waals surface area contributed by atoms with Crippen molar-refractivity contribution in [3.63, 3.8) is 0 Å². The third kappa shape index (κ3) is 8.12. The average molecular weight is 593 g/mol. The summed E-state index contributed by atoms with van der Waals surface area (Å²) in [5.41, 5.74) is 1.40. The lowest BCUT2D eigenvalue weighted by molar-refractivity contribution is -0.124. The molecule has 2 bridgehead atoms. The van der Waals surface area contributed by atoms with Crippen molar-refractivity contribution in [2.75, 3.05) is 13.7 Å². The monoisotopic (exact) mass is 592 g/mol. The van der Waals surface area contributed by atoms with E-state index in [1.54, 1.807) is 11.4 Å². The zero-order chi connectivity index (χ0) is 30.1. The molecule has 0 fully saturated rings. The molecule has 4 amide bonds. The number of amides is 4. The molecule has 0 saturated heterocycles. The maximum Gasteiger partial charge on any atom is 0.271 e. The zero-order valence-electron chi connectivity index (χ0n) is 23.9. The smallest absolute Gasteiger partial charge is 0.271 e. The highest BCUT2D eigenvalue weighted by atomic mass is 32.1. The van der Waals surface area contributed by atoms with Gasteiger partial charge in [-0.05, 0) is 36.8 Å². The largest absolute Gasteiger partial charge is 0.481 e. The van der Waals surface area contributed by atoms with Crippen LogP contribution in [-0.2, 0) is 16.0 Å². The molecule has 2 aromatic heterocycles. The molecular formula is C30H36N6O5S. The van der Waals surface area contributed by atoms with Crippen molar-refractivity contribution in [3.05, 3.63) is 75.9 Å². The first-order valence-corrected chi connectivity index (χ1v) is 14.8. The zero-order valence-corrected chi connectivity index (χ0v) is 24.7. The number of pyridine rings is 1. The normalized spacial score (nSPS) is 20.3. The van der Waals surface area contributed by atoms with Crippen LogP contribution in [0.3, 0.4) is 0 Å². The third-order valence-corrected chi connectivity index (χ3v) is 7.86. The number of carbonyl (C=O) groups excluding carboxylic acids is 4. The molecule has 0 radical (unpaired) electrons. The van der Waals surface area contributed by atoms with Crippen LogP contribution in [0, 0.1) is 5.92 Å². The summed E-state index contributed by atoms with van der Waals surface area (Å²) in [6.45, 7) is 4.24. The summed E-state index contributed by atoms with van der Waals surface area (Å²) in [6, 6.07) is 10.4. The number of nitrogens with one attached hydrogen (secondary N) is 4. The van der Waals surface area contributed by atoms with Gasteiger partial charge in [-0.3, -0.25) is 19.2 Å². The van der Waals surface area contributed by atoms with Crippen molar-refractivity contribution in [1.82, 2.24) is 31.2 Å². The molecule has 0 unspecified atom stereocenters. The van der Waals surface area contributed by atoms with Crippen LogP contribution in [0.1, 0.15) is 70.6 Å². The maximum absolute atomic E-state index is 13.5. The Hall–Kier alpha value is -4.32. The Morgan fingerprint density at radius 2 is 1.88 bits per heavy atom. The Labute approximate surface area is 248 Å². The van der Waals surface area contributed by atoms with Gasteiger partial charge in [0, 0.05) is 36.2 Å². The molecule has 3 heterocycles. The van der Waals surface area contributed by atoms with E-state index in [1.165, 1.54) is 30.7 Å². The molecule has 1 aliphatic heterocycles. The van der Waals surface area contributed by atoms with Crippen LogP contribution < -0.4 is 26.0 Å². The first-order valence-electron chi connectivity index (χ1n) is 13.9. The number of nitrogens with zero attached hydrogens (tertiary/aromatic N) is 2. The minimum atomic E-state index is -0.838. The molecule has 222 valence electrons. The van der Waals surface area contributed by atoms with Crippen molar-refractivity contribution >= 4 is 35.0 Å². The van der Waals surface area contributed by atoms with Gasteiger partial charge in [-0.15, -0.1) is 11.3 Å². The lowest BCUT2D eigenvalue weighted by Crippen LogP contribution is -2.49. The van der Waals surface area contributed by atoms with E-state index < -0.39 is 29.9 Å². The number of benzene rings is 1. The molecular weight excluding hydrogens is 556 g/mol. The summed E-state index contributed by atoms with van der Waals surface area (Å²) in [6.07, 6.45) is 3.27. The third-order valence-electron chi connectivity index (χ3n) is 6.94. The molecule has 3 aromatic rings. The highest BCUT2D eigenvalue weighted by molar-refractivity contribution is 7.09. The Morgan fingerprint density at radius 1 is 1.10 bits per heavy atom. The van der Waals surface area contributed by atoms with Crippen LogP contribution in [0.2, 0.25) is 0 Å². The lowest BCUT2D eigenvalue weighted by Gasteiger charge is -2.25. The van der Waals surface area contributed by atoms with Gasteiger partial charge in [0.1, 0.15) is 22.8 Å². The Morgan fingerprint density at radius 3 is 2.62 bits per heavy atom. The second kappa shape index (κ2) is 14.5. The van der Waals surface area contributed by atoms with Gasteiger partial charge < -0.3 is 26.0 Å². The summed E-state index contributed by atoms with van der Waals surface area (Å²) in [7, 11) is 1.46. The van der Waals surface area contributed by atoms with Gasteiger partial charge >= 0.3 is 0 Å². The number of carbonyl (C=O) groups is 4. The van der Waals surface area contributed by atoms with Gasteiger partial charge in [0.05, 0.1) is 13.2 Å². The van der Waals surface area contributed by atoms with E-state index in [2.05, 4.69) is 31.2 Å². The van der Waals surface area contributed by atoms with E-state index in [-0.39, 0.29) is 29.3 Å². The Bertz CT molecular complexity index is 1400. The van der Waals surface area contributed by atoms with Crippen LogP contribution in [0.5, 0.6) is 5.88 Å². The average Bonchev–Trinajstić information content (AvgIpc) is 3.48. The molecule has 3 atom stereocenters. The van der Waals surface area contributed by atoms with Crippen LogP contribution >= 0.6 is 11.3 Å². The van der Waals surface area contributed by atoms with E-state index in [0.717, 1.165) is 5.56 Å². The van der Waals surface area contributed by atoms with Gasteiger partial charge in [-0.2, -0.15) is 0 Å². The fourth-order valence-electron chi connectivity index (χ4n) is 4.57. The van der Waals surface area contributed by atoms with Gasteiger partial charge in [0.15, 0.2) is 0 Å². The summed E-state index contributed by atoms with van der Waals surface area (Å²) in [5, 5.41) is 13.8. The number of aromatic nitrogens is 2. The van der Waals surface area contributed by atoms with Gasteiger partial charge in [-0.25, -0.2) is 9.97 Å². The molecule has 11 nitrogen and oxygen atoms in total. The standard InChI is InChI=1S/C30H36N6O5S/c1-18(2)25-30-35-23(17-42-30)29(40)34-22(15-19-9-5-4-6-10-19)27(38)32-13-8-7-11-21(28(39)36-25)33-26(37)20-12-14-31-24(16-20)41-3/h4-6,9-10,12,14,16-18,21-22,25H,7-8,11,13,15H2,1-3H3,(H,32,38)(H,33,37)(H,34,40)(H,36,39)/t21-,22+,25+/m0/s1. The minimum absolute atomic E-state index is 0.0488. The molecule has 12 heteroatoms. The quantitative estimate of drug-likeness (QED) is 0.344. The predicted octanol–water partition coefficient (Wildman–Crippen LogP) is 2.80. The first kappa shape index (κ1) is 30.6. The van der Waals surface area contributed by atoms with Gasteiger partial charge in [0.2, 0.25) is 17.7 Å². The van der Waals surface area contributed by atoms with E-state index in [1.807, 2.05) is 44.2 Å². The predicted molar refractivity (Wildman–Crippen MR) is 158 cm³/mol. The molecule has 1 aromatic carbocycles.